The van der Waals surface area contributed by atoms with Gasteiger partial charge in [-0.05, 0) is 18.6 Å². The van der Waals surface area contributed by atoms with Gasteiger partial charge >= 0.3 is 0 Å². The molecule has 7 nitrogen and oxygen atoms in total. The first-order valence-electron chi connectivity index (χ1n) is 7.39. The summed E-state index contributed by atoms with van der Waals surface area (Å²) in [5.41, 5.74) is 0.468. The SMILES string of the molecule is CO[C@@H]1C[C@@H](COc2cccnc2)N(C(=O)c2cncnc2)C1. The number of hydrogen-bond donors (Lipinski definition) is 0. The summed E-state index contributed by atoms with van der Waals surface area (Å²) in [6.07, 6.45) is 8.53. The van der Waals surface area contributed by atoms with Gasteiger partial charge in [-0.15, -0.1) is 0 Å². The minimum atomic E-state index is -0.107. The van der Waals surface area contributed by atoms with Gasteiger partial charge in [-0.2, -0.15) is 0 Å². The average Bonchev–Trinajstić information content (AvgIpc) is 3.04. The molecule has 0 N–H and O–H groups in total. The first-order valence-corrected chi connectivity index (χ1v) is 7.39. The highest BCUT2D eigenvalue weighted by Gasteiger charge is 2.36. The number of hydrogen-bond acceptors (Lipinski definition) is 6. The van der Waals surface area contributed by atoms with Crippen molar-refractivity contribution in [2.75, 3.05) is 20.3 Å². The van der Waals surface area contributed by atoms with Gasteiger partial charge in [0.05, 0.1) is 23.9 Å². The zero-order valence-electron chi connectivity index (χ0n) is 12.8. The van der Waals surface area contributed by atoms with Crippen molar-refractivity contribution in [3.63, 3.8) is 0 Å². The number of likely N-dealkylation sites (tertiary alicyclic amines) is 1. The lowest BCUT2D eigenvalue weighted by Gasteiger charge is -2.24. The van der Waals surface area contributed by atoms with E-state index in [1.807, 2.05) is 12.1 Å². The van der Waals surface area contributed by atoms with Crippen LogP contribution in [0.5, 0.6) is 5.75 Å². The lowest BCUT2D eigenvalue weighted by Crippen LogP contribution is -2.39. The Morgan fingerprint density at radius 2 is 2.13 bits per heavy atom. The Hall–Kier alpha value is -2.54. The second-order valence-electron chi connectivity index (χ2n) is 5.33. The van der Waals surface area contributed by atoms with Crippen molar-refractivity contribution < 1.29 is 14.3 Å². The van der Waals surface area contributed by atoms with Crippen LogP contribution in [0.4, 0.5) is 0 Å². The van der Waals surface area contributed by atoms with E-state index in [1.165, 1.54) is 18.7 Å². The highest BCUT2D eigenvalue weighted by molar-refractivity contribution is 5.94. The van der Waals surface area contributed by atoms with Crippen LogP contribution in [0.2, 0.25) is 0 Å². The fraction of sp³-hybridized carbons (Fsp3) is 0.375. The number of carbonyl (C=O) groups is 1. The summed E-state index contributed by atoms with van der Waals surface area (Å²) in [6, 6.07) is 3.59. The van der Waals surface area contributed by atoms with Crippen LogP contribution in [-0.4, -0.2) is 58.2 Å². The molecule has 1 saturated heterocycles. The molecular formula is C16H18N4O3. The molecule has 23 heavy (non-hydrogen) atoms. The topological polar surface area (TPSA) is 77.4 Å². The summed E-state index contributed by atoms with van der Waals surface area (Å²) < 4.78 is 11.2. The van der Waals surface area contributed by atoms with Crippen LogP contribution >= 0.6 is 0 Å². The van der Waals surface area contributed by atoms with E-state index in [2.05, 4.69) is 15.0 Å². The van der Waals surface area contributed by atoms with E-state index in [0.29, 0.717) is 24.5 Å². The summed E-state index contributed by atoms with van der Waals surface area (Å²) in [5.74, 6) is 0.578. The van der Waals surface area contributed by atoms with E-state index >= 15 is 0 Å². The van der Waals surface area contributed by atoms with Gasteiger partial charge in [0.1, 0.15) is 18.7 Å². The number of pyridine rings is 1. The highest BCUT2D eigenvalue weighted by atomic mass is 16.5. The number of methoxy groups -OCH3 is 1. The fourth-order valence-corrected chi connectivity index (χ4v) is 2.65. The number of rotatable bonds is 5. The Morgan fingerprint density at radius 3 is 2.83 bits per heavy atom. The second kappa shape index (κ2) is 7.15. The molecule has 7 heteroatoms. The van der Waals surface area contributed by atoms with Gasteiger partial charge in [-0.1, -0.05) is 0 Å². The standard InChI is InChI=1S/C16H18N4O3/c1-22-15-5-13(10-23-14-3-2-4-17-8-14)20(9-15)16(21)12-6-18-11-19-7-12/h2-4,6-8,11,13,15H,5,9-10H2,1H3/t13-,15+/m0/s1. The fourth-order valence-electron chi connectivity index (χ4n) is 2.65. The van der Waals surface area contributed by atoms with Crippen LogP contribution in [0, 0.1) is 0 Å². The normalized spacial score (nSPS) is 20.5. The Bertz CT molecular complexity index is 638. The summed E-state index contributed by atoms with van der Waals surface area (Å²) in [6.45, 7) is 0.927. The molecule has 2 aromatic rings. The molecular weight excluding hydrogens is 296 g/mol. The Morgan fingerprint density at radius 1 is 1.30 bits per heavy atom. The maximum Gasteiger partial charge on any atom is 0.257 e. The summed E-state index contributed by atoms with van der Waals surface area (Å²) in [4.78, 5) is 26.2. The van der Waals surface area contributed by atoms with Crippen LogP contribution in [0.3, 0.4) is 0 Å². The number of ether oxygens (including phenoxy) is 2. The first-order chi connectivity index (χ1) is 11.3. The number of amides is 1. The third-order valence-corrected chi connectivity index (χ3v) is 3.85. The molecule has 0 bridgehead atoms. The largest absolute Gasteiger partial charge is 0.490 e. The van der Waals surface area contributed by atoms with Crippen molar-refractivity contribution >= 4 is 5.91 Å². The van der Waals surface area contributed by atoms with Gasteiger partial charge in [0.25, 0.3) is 5.91 Å². The van der Waals surface area contributed by atoms with Crippen molar-refractivity contribution in [1.82, 2.24) is 19.9 Å². The predicted molar refractivity (Wildman–Crippen MR) is 82.0 cm³/mol. The molecule has 1 fully saturated rings. The molecule has 0 aromatic carbocycles. The number of nitrogens with zero attached hydrogens (tertiary/aromatic N) is 4. The smallest absolute Gasteiger partial charge is 0.257 e. The minimum Gasteiger partial charge on any atom is -0.490 e. The summed E-state index contributed by atoms with van der Waals surface area (Å²) in [7, 11) is 1.66. The van der Waals surface area contributed by atoms with Gasteiger partial charge in [0.15, 0.2) is 0 Å². The minimum absolute atomic E-state index is 0.00563. The van der Waals surface area contributed by atoms with E-state index in [9.17, 15) is 4.79 Å². The van der Waals surface area contributed by atoms with Crippen LogP contribution in [-0.2, 0) is 4.74 Å². The quantitative estimate of drug-likeness (QED) is 0.825. The van der Waals surface area contributed by atoms with Crippen LogP contribution in [0.25, 0.3) is 0 Å². The Kier molecular flexibility index (Phi) is 4.77. The van der Waals surface area contributed by atoms with Crippen LogP contribution < -0.4 is 4.74 Å². The second-order valence-corrected chi connectivity index (χ2v) is 5.33. The third-order valence-electron chi connectivity index (χ3n) is 3.85. The average molecular weight is 314 g/mol. The van der Waals surface area contributed by atoms with Crippen LogP contribution in [0.1, 0.15) is 16.8 Å². The van der Waals surface area contributed by atoms with E-state index in [0.717, 1.165) is 6.42 Å². The van der Waals surface area contributed by atoms with E-state index in [4.69, 9.17) is 9.47 Å². The third kappa shape index (κ3) is 3.62. The molecule has 2 aromatic heterocycles. The van der Waals surface area contributed by atoms with Gasteiger partial charge in [0.2, 0.25) is 0 Å². The molecule has 0 saturated carbocycles. The van der Waals surface area contributed by atoms with Gasteiger partial charge in [-0.25, -0.2) is 9.97 Å². The lowest BCUT2D eigenvalue weighted by atomic mass is 10.2. The molecule has 0 unspecified atom stereocenters. The summed E-state index contributed by atoms with van der Waals surface area (Å²) >= 11 is 0. The molecule has 2 atom stereocenters. The zero-order chi connectivity index (χ0) is 16.1. The molecule has 1 amide bonds. The van der Waals surface area contributed by atoms with Crippen molar-refractivity contribution in [2.45, 2.75) is 18.6 Å². The molecule has 120 valence electrons. The highest BCUT2D eigenvalue weighted by Crippen LogP contribution is 2.23. The summed E-state index contributed by atoms with van der Waals surface area (Å²) in [5, 5.41) is 0. The maximum absolute atomic E-state index is 12.7. The lowest BCUT2D eigenvalue weighted by molar-refractivity contribution is 0.0657. The van der Waals surface area contributed by atoms with Gasteiger partial charge in [-0.3, -0.25) is 9.78 Å². The molecule has 0 aliphatic carbocycles. The van der Waals surface area contributed by atoms with Crippen LogP contribution in [0.15, 0.2) is 43.2 Å². The molecule has 1 aliphatic rings. The van der Waals surface area contributed by atoms with Gasteiger partial charge in [0, 0.05) is 32.2 Å². The maximum atomic E-state index is 12.7. The molecule has 3 rings (SSSR count). The molecule has 3 heterocycles. The van der Waals surface area contributed by atoms with Crippen molar-refractivity contribution in [3.05, 3.63) is 48.8 Å². The van der Waals surface area contributed by atoms with E-state index < -0.39 is 0 Å². The molecule has 0 spiro atoms. The zero-order valence-corrected chi connectivity index (χ0v) is 12.8. The first kappa shape index (κ1) is 15.4. The Labute approximate surface area is 134 Å². The Balaban J connectivity index is 1.70. The number of aromatic nitrogens is 3. The molecule has 1 aliphatic heterocycles. The van der Waals surface area contributed by atoms with Gasteiger partial charge < -0.3 is 14.4 Å². The van der Waals surface area contributed by atoms with Crippen molar-refractivity contribution in [1.29, 1.82) is 0 Å². The van der Waals surface area contributed by atoms with E-state index in [-0.39, 0.29) is 18.1 Å². The van der Waals surface area contributed by atoms with E-state index in [1.54, 1.807) is 24.4 Å². The number of carbonyl (C=O) groups excluding carboxylic acids is 1. The van der Waals surface area contributed by atoms with Crippen molar-refractivity contribution in [2.24, 2.45) is 0 Å². The monoisotopic (exact) mass is 314 g/mol. The predicted octanol–water partition coefficient (Wildman–Crippen LogP) is 1.18. The molecule has 0 radical (unpaired) electrons. The van der Waals surface area contributed by atoms with Crippen molar-refractivity contribution in [3.8, 4) is 5.75 Å².